The minimum atomic E-state index is -3.78. The standard InChI is InChI=1S/C13H17NO6S/c1-10-4-6-11(7-5-10)21(17,18)14(2)8-12(15)20-9-13(16)19-3/h4-7H,8-9H2,1-3H3. The third-order valence-electron chi connectivity index (χ3n) is 2.66. The molecule has 1 rings (SSSR count). The molecule has 8 heteroatoms. The molecule has 0 radical (unpaired) electrons. The summed E-state index contributed by atoms with van der Waals surface area (Å²) in [7, 11) is -1.36. The molecule has 0 aliphatic rings. The van der Waals surface area contributed by atoms with Gasteiger partial charge in [0.05, 0.1) is 12.0 Å². The molecule has 21 heavy (non-hydrogen) atoms. The summed E-state index contributed by atoms with van der Waals surface area (Å²) in [5.41, 5.74) is 0.925. The Bertz CT molecular complexity index is 608. The van der Waals surface area contributed by atoms with Crippen LogP contribution in [0, 0.1) is 6.92 Å². The van der Waals surface area contributed by atoms with E-state index in [9.17, 15) is 18.0 Å². The van der Waals surface area contributed by atoms with E-state index in [-0.39, 0.29) is 4.90 Å². The molecule has 0 bridgehead atoms. The van der Waals surface area contributed by atoms with Crippen molar-refractivity contribution in [1.82, 2.24) is 4.31 Å². The van der Waals surface area contributed by atoms with Gasteiger partial charge in [-0.05, 0) is 19.1 Å². The van der Waals surface area contributed by atoms with Crippen molar-refractivity contribution < 1.29 is 27.5 Å². The summed E-state index contributed by atoms with van der Waals surface area (Å²) in [4.78, 5) is 22.4. The zero-order chi connectivity index (χ0) is 16.0. The van der Waals surface area contributed by atoms with Crippen LogP contribution in [0.2, 0.25) is 0 Å². The lowest BCUT2D eigenvalue weighted by Crippen LogP contribution is -2.33. The smallest absolute Gasteiger partial charge is 0.344 e. The molecule has 0 saturated heterocycles. The van der Waals surface area contributed by atoms with Crippen molar-refractivity contribution in [3.8, 4) is 0 Å². The number of methoxy groups -OCH3 is 1. The Balaban J connectivity index is 2.69. The molecule has 0 aliphatic carbocycles. The molecule has 0 heterocycles. The maximum atomic E-state index is 12.2. The Morgan fingerprint density at radius 1 is 1.14 bits per heavy atom. The zero-order valence-corrected chi connectivity index (χ0v) is 12.8. The van der Waals surface area contributed by atoms with Crippen molar-refractivity contribution in [2.75, 3.05) is 27.3 Å². The fourth-order valence-corrected chi connectivity index (χ4v) is 2.52. The molecule has 1 aromatic rings. The fraction of sp³-hybridized carbons (Fsp3) is 0.385. The predicted molar refractivity (Wildman–Crippen MR) is 74.0 cm³/mol. The molecule has 0 spiro atoms. The van der Waals surface area contributed by atoms with Crippen LogP contribution in [-0.2, 0) is 29.1 Å². The van der Waals surface area contributed by atoms with Crippen molar-refractivity contribution >= 4 is 22.0 Å². The van der Waals surface area contributed by atoms with Crippen LogP contribution in [0.5, 0.6) is 0 Å². The van der Waals surface area contributed by atoms with Gasteiger partial charge < -0.3 is 9.47 Å². The first kappa shape index (κ1) is 17.1. The van der Waals surface area contributed by atoms with Gasteiger partial charge in [-0.2, -0.15) is 4.31 Å². The highest BCUT2D eigenvalue weighted by Crippen LogP contribution is 2.14. The van der Waals surface area contributed by atoms with E-state index in [0.29, 0.717) is 0 Å². The van der Waals surface area contributed by atoms with Crippen LogP contribution in [0.25, 0.3) is 0 Å². The molecule has 0 unspecified atom stereocenters. The van der Waals surface area contributed by atoms with Crippen LogP contribution in [0.15, 0.2) is 29.2 Å². The van der Waals surface area contributed by atoms with E-state index in [1.165, 1.54) is 19.2 Å². The summed E-state index contributed by atoms with van der Waals surface area (Å²) >= 11 is 0. The Kier molecular flexibility index (Phi) is 5.86. The molecular formula is C13H17NO6S. The SMILES string of the molecule is COC(=O)COC(=O)CN(C)S(=O)(=O)c1ccc(C)cc1. The van der Waals surface area contributed by atoms with E-state index in [1.807, 2.05) is 6.92 Å². The van der Waals surface area contributed by atoms with Crippen molar-refractivity contribution in [2.45, 2.75) is 11.8 Å². The van der Waals surface area contributed by atoms with Crippen LogP contribution in [0.4, 0.5) is 0 Å². The van der Waals surface area contributed by atoms with E-state index < -0.39 is 35.1 Å². The monoisotopic (exact) mass is 315 g/mol. The second-order valence-electron chi connectivity index (χ2n) is 4.31. The number of carbonyl (C=O) groups excluding carboxylic acids is 2. The maximum absolute atomic E-state index is 12.2. The number of hydrogen-bond donors (Lipinski definition) is 0. The lowest BCUT2D eigenvalue weighted by molar-refractivity contribution is -0.156. The third kappa shape index (κ3) is 4.83. The van der Waals surface area contributed by atoms with Gasteiger partial charge in [0.2, 0.25) is 10.0 Å². The van der Waals surface area contributed by atoms with Crippen molar-refractivity contribution in [1.29, 1.82) is 0 Å². The Labute approximate surface area is 123 Å². The van der Waals surface area contributed by atoms with E-state index in [2.05, 4.69) is 9.47 Å². The van der Waals surface area contributed by atoms with Crippen LogP contribution in [0.1, 0.15) is 5.56 Å². The summed E-state index contributed by atoms with van der Waals surface area (Å²) in [5, 5.41) is 0. The molecule has 0 aromatic heterocycles. The van der Waals surface area contributed by atoms with Gasteiger partial charge in [-0.15, -0.1) is 0 Å². The minimum Gasteiger partial charge on any atom is -0.466 e. The minimum absolute atomic E-state index is 0.0800. The quantitative estimate of drug-likeness (QED) is 0.703. The maximum Gasteiger partial charge on any atom is 0.344 e. The first-order valence-corrected chi connectivity index (χ1v) is 7.47. The van der Waals surface area contributed by atoms with Crippen LogP contribution < -0.4 is 0 Å². The molecule has 0 fully saturated rings. The van der Waals surface area contributed by atoms with Crippen molar-refractivity contribution in [3.05, 3.63) is 29.8 Å². The van der Waals surface area contributed by atoms with Gasteiger partial charge in [-0.25, -0.2) is 13.2 Å². The highest BCUT2D eigenvalue weighted by Gasteiger charge is 2.23. The summed E-state index contributed by atoms with van der Waals surface area (Å²) in [6, 6.07) is 6.24. The lowest BCUT2D eigenvalue weighted by atomic mass is 10.2. The number of aryl methyl sites for hydroxylation is 1. The number of likely N-dealkylation sites (N-methyl/N-ethyl adjacent to an activating group) is 1. The van der Waals surface area contributed by atoms with E-state index in [1.54, 1.807) is 12.1 Å². The number of carbonyl (C=O) groups is 2. The van der Waals surface area contributed by atoms with Crippen molar-refractivity contribution in [2.24, 2.45) is 0 Å². The first-order chi connectivity index (χ1) is 9.77. The molecule has 0 atom stereocenters. The molecular weight excluding hydrogens is 298 g/mol. The summed E-state index contributed by atoms with van der Waals surface area (Å²) in [5.74, 6) is -1.55. The van der Waals surface area contributed by atoms with Gasteiger partial charge in [0.1, 0.15) is 6.54 Å². The van der Waals surface area contributed by atoms with Gasteiger partial charge in [-0.1, -0.05) is 17.7 Å². The molecule has 1 aromatic carbocycles. The van der Waals surface area contributed by atoms with Crippen LogP contribution in [-0.4, -0.2) is 52.0 Å². The highest BCUT2D eigenvalue weighted by atomic mass is 32.2. The average Bonchev–Trinajstić information content (AvgIpc) is 2.45. The van der Waals surface area contributed by atoms with Crippen LogP contribution in [0.3, 0.4) is 0 Å². The molecule has 0 N–H and O–H groups in total. The summed E-state index contributed by atoms with van der Waals surface area (Å²) in [6.45, 7) is 0.797. The number of rotatable bonds is 6. The van der Waals surface area contributed by atoms with Gasteiger partial charge in [0.15, 0.2) is 6.61 Å². The fourth-order valence-electron chi connectivity index (χ4n) is 1.40. The number of sulfonamides is 1. The first-order valence-electron chi connectivity index (χ1n) is 6.03. The Hall–Kier alpha value is -1.93. The van der Waals surface area contributed by atoms with Gasteiger partial charge in [0.25, 0.3) is 0 Å². The predicted octanol–water partition coefficient (Wildman–Crippen LogP) is 0.332. The van der Waals surface area contributed by atoms with Gasteiger partial charge in [-0.3, -0.25) is 4.79 Å². The topological polar surface area (TPSA) is 90.0 Å². The normalized spacial score (nSPS) is 11.2. The zero-order valence-electron chi connectivity index (χ0n) is 12.0. The molecule has 7 nitrogen and oxygen atoms in total. The molecule has 0 aliphatic heterocycles. The lowest BCUT2D eigenvalue weighted by Gasteiger charge is -2.16. The third-order valence-corrected chi connectivity index (χ3v) is 4.48. The highest BCUT2D eigenvalue weighted by molar-refractivity contribution is 7.89. The van der Waals surface area contributed by atoms with Gasteiger partial charge in [0, 0.05) is 7.05 Å². The number of esters is 2. The average molecular weight is 315 g/mol. The number of hydrogen-bond acceptors (Lipinski definition) is 6. The number of benzene rings is 1. The summed E-state index contributed by atoms with van der Waals surface area (Å²) < 4.78 is 34.2. The summed E-state index contributed by atoms with van der Waals surface area (Å²) in [6.07, 6.45) is 0. The van der Waals surface area contributed by atoms with E-state index in [4.69, 9.17) is 0 Å². The van der Waals surface area contributed by atoms with E-state index in [0.717, 1.165) is 17.0 Å². The van der Waals surface area contributed by atoms with E-state index >= 15 is 0 Å². The molecule has 0 saturated carbocycles. The Morgan fingerprint density at radius 2 is 1.71 bits per heavy atom. The number of nitrogens with zero attached hydrogens (tertiary/aromatic N) is 1. The molecule has 116 valence electrons. The largest absolute Gasteiger partial charge is 0.466 e. The van der Waals surface area contributed by atoms with Crippen LogP contribution >= 0.6 is 0 Å². The van der Waals surface area contributed by atoms with Gasteiger partial charge >= 0.3 is 11.9 Å². The Morgan fingerprint density at radius 3 is 2.24 bits per heavy atom. The molecule has 0 amide bonds. The number of ether oxygens (including phenoxy) is 2. The van der Waals surface area contributed by atoms with Crippen molar-refractivity contribution in [3.63, 3.8) is 0 Å². The second kappa shape index (κ2) is 7.19. The second-order valence-corrected chi connectivity index (χ2v) is 6.36.